The van der Waals surface area contributed by atoms with E-state index < -0.39 is 67.4 Å². The lowest BCUT2D eigenvalue weighted by Gasteiger charge is -2.41. The molecule has 1 heterocycles. The second kappa shape index (κ2) is 50.4. The Labute approximate surface area is 454 Å². The van der Waals surface area contributed by atoms with Crippen molar-refractivity contribution >= 4 is 11.9 Å². The number of aliphatic hydroxyl groups excluding tert-OH is 5. The number of rotatable bonds is 45. The fourth-order valence-corrected chi connectivity index (χ4v) is 7.87. The predicted octanol–water partition coefficient (Wildman–Crippen LogP) is 13.0. The second-order valence-electron chi connectivity index (χ2n) is 19.0. The molecule has 0 bridgehead atoms. The van der Waals surface area contributed by atoms with Crippen molar-refractivity contribution in [1.82, 2.24) is 5.32 Å². The lowest BCUT2D eigenvalue weighted by atomic mass is 9.99. The van der Waals surface area contributed by atoms with Crippen LogP contribution in [0.15, 0.2) is 146 Å². The van der Waals surface area contributed by atoms with Crippen molar-refractivity contribution in [3.63, 3.8) is 0 Å². The molecule has 422 valence electrons. The van der Waals surface area contributed by atoms with E-state index in [4.69, 9.17) is 14.2 Å². The highest BCUT2D eigenvalue weighted by Gasteiger charge is 2.47. The van der Waals surface area contributed by atoms with Crippen LogP contribution in [0.1, 0.15) is 181 Å². The summed E-state index contributed by atoms with van der Waals surface area (Å²) in [5, 5.41) is 56.7. The highest BCUT2D eigenvalue weighted by Crippen LogP contribution is 2.26. The second-order valence-corrected chi connectivity index (χ2v) is 19.0. The Morgan fingerprint density at radius 3 is 1.57 bits per heavy atom. The summed E-state index contributed by atoms with van der Waals surface area (Å²) in [7, 11) is 0. The molecule has 75 heavy (non-hydrogen) atoms. The van der Waals surface area contributed by atoms with Crippen molar-refractivity contribution in [2.75, 3.05) is 13.2 Å². The van der Waals surface area contributed by atoms with Crippen molar-refractivity contribution in [3.8, 4) is 0 Å². The fraction of sp³-hybridized carbons (Fsp3) is 0.594. The summed E-state index contributed by atoms with van der Waals surface area (Å²) < 4.78 is 17.5. The molecule has 1 fully saturated rings. The molecular formula is C64H101NO10. The number of ether oxygens (including phenoxy) is 3. The lowest BCUT2D eigenvalue weighted by molar-refractivity contribution is -0.305. The van der Waals surface area contributed by atoms with Gasteiger partial charge in [0.15, 0.2) is 12.4 Å². The van der Waals surface area contributed by atoms with E-state index in [9.17, 15) is 35.1 Å². The molecule has 0 radical (unpaired) electrons. The number of allylic oxidation sites excluding steroid dienone is 23. The van der Waals surface area contributed by atoms with Gasteiger partial charge < -0.3 is 45.1 Å². The largest absolute Gasteiger partial charge is 0.454 e. The summed E-state index contributed by atoms with van der Waals surface area (Å²) >= 11 is 0. The topological polar surface area (TPSA) is 175 Å². The number of hydrogen-bond acceptors (Lipinski definition) is 10. The van der Waals surface area contributed by atoms with E-state index >= 15 is 0 Å². The Morgan fingerprint density at radius 2 is 1.03 bits per heavy atom. The highest BCUT2D eigenvalue weighted by molar-refractivity contribution is 5.80. The van der Waals surface area contributed by atoms with Gasteiger partial charge in [-0.2, -0.15) is 0 Å². The molecule has 11 nitrogen and oxygen atoms in total. The predicted molar refractivity (Wildman–Crippen MR) is 310 cm³/mol. The Kier molecular flexibility index (Phi) is 46.0. The molecule has 6 N–H and O–H groups in total. The van der Waals surface area contributed by atoms with Gasteiger partial charge in [-0.1, -0.05) is 237 Å². The third-order valence-electron chi connectivity index (χ3n) is 12.4. The molecule has 0 aliphatic carbocycles. The maximum Gasteiger partial charge on any atom is 0.306 e. The highest BCUT2D eigenvalue weighted by atomic mass is 16.7. The summed E-state index contributed by atoms with van der Waals surface area (Å²) in [4.78, 5) is 26.4. The average molecular weight is 1040 g/mol. The molecule has 8 unspecified atom stereocenters. The van der Waals surface area contributed by atoms with Gasteiger partial charge in [-0.3, -0.25) is 9.59 Å². The van der Waals surface area contributed by atoms with Crippen molar-refractivity contribution < 1.29 is 49.3 Å². The van der Waals surface area contributed by atoms with Gasteiger partial charge >= 0.3 is 5.97 Å². The average Bonchev–Trinajstić information content (AvgIpc) is 3.41. The summed E-state index contributed by atoms with van der Waals surface area (Å²) in [6.45, 7) is 5.43. The van der Waals surface area contributed by atoms with Crippen LogP contribution in [0.2, 0.25) is 0 Å². The van der Waals surface area contributed by atoms with E-state index in [2.05, 4.69) is 92.9 Å². The molecule has 1 saturated heterocycles. The molecular weight excluding hydrogens is 943 g/mol. The van der Waals surface area contributed by atoms with Crippen LogP contribution in [0.5, 0.6) is 0 Å². The number of carbonyl (C=O) groups is 2. The summed E-state index contributed by atoms with van der Waals surface area (Å²) in [6.07, 6.45) is 61.8. The summed E-state index contributed by atoms with van der Waals surface area (Å²) in [5.74, 6) is -1.34. The minimum atomic E-state index is -1.66. The molecule has 1 aliphatic rings. The van der Waals surface area contributed by atoms with Gasteiger partial charge in [0.2, 0.25) is 5.91 Å². The first kappa shape index (κ1) is 68.6. The normalized spacial score (nSPS) is 20.3. The van der Waals surface area contributed by atoms with E-state index in [0.29, 0.717) is 19.3 Å². The maximum atomic E-state index is 13.4. The summed E-state index contributed by atoms with van der Waals surface area (Å²) in [6, 6.07) is -1.07. The first-order valence-corrected chi connectivity index (χ1v) is 28.7. The quantitative estimate of drug-likeness (QED) is 0.0149. The van der Waals surface area contributed by atoms with Gasteiger partial charge in [-0.05, 0) is 83.5 Å². The standard InChI is InChI=1S/C64H101NO10/c1-4-7-10-13-16-19-22-25-27-28-29-30-31-34-37-40-43-46-49-52-59(69)75-62-61(71)60(70)58(53-66)74-64(62)73-54-55(56(67)50-47-44-41-38-35-32-24-21-18-15-12-9-6-3)65-63(72)57(68)51-48-45-42-39-36-33-26-23-20-17-14-11-8-5-2/h7-8,10-11,14,16-17,19-20,23,25-27,29-30,33-34,36-37,39,43,46-47,50,55-58,60-62,64,66-68,70-71H,4-6,9,12-13,15,18,21-22,24,28,31-32,35,38,40-42,44-45,48-49,51-54H2,1-3H3,(H,65,72)/b10-7-,11-8+,17-14+,19-16-,23-20-,27-25-,30-29-,33-26-,37-34-,39-36+,46-43-,50-47+. The Hall–Kier alpha value is -4.46. The van der Waals surface area contributed by atoms with Gasteiger partial charge in [-0.15, -0.1) is 0 Å². The number of amides is 1. The molecule has 0 saturated carbocycles. The Morgan fingerprint density at radius 1 is 0.547 bits per heavy atom. The zero-order valence-electron chi connectivity index (χ0n) is 46.3. The number of esters is 1. The van der Waals surface area contributed by atoms with E-state index in [1.54, 1.807) is 6.08 Å². The zero-order chi connectivity index (χ0) is 54.7. The van der Waals surface area contributed by atoms with Gasteiger partial charge in [0.1, 0.15) is 24.4 Å². The van der Waals surface area contributed by atoms with Crippen LogP contribution in [0, 0.1) is 0 Å². The Balaban J connectivity index is 2.82. The van der Waals surface area contributed by atoms with Crippen LogP contribution in [-0.4, -0.2) is 99.6 Å². The van der Waals surface area contributed by atoms with Crippen molar-refractivity contribution in [1.29, 1.82) is 0 Å². The van der Waals surface area contributed by atoms with Gasteiger partial charge in [0, 0.05) is 6.42 Å². The number of hydrogen-bond donors (Lipinski definition) is 6. The molecule has 1 aliphatic heterocycles. The molecule has 0 aromatic heterocycles. The van der Waals surface area contributed by atoms with Crippen LogP contribution in [0.3, 0.4) is 0 Å². The Bertz CT molecular complexity index is 1770. The molecule has 0 spiro atoms. The van der Waals surface area contributed by atoms with Crippen molar-refractivity contribution in [3.05, 3.63) is 146 Å². The SMILES string of the molecule is CC/C=C\C/C=C\C/C=C\C/C=C\C/C=C\C/C=C\CCC(=O)OC1C(OCC(NC(=O)C(O)CCCC/C=C/C=C\C=C/C=C/C=C/CC)C(O)/C=C/CCCCCCCCCCCCC)OC(CO)C(O)C1O. The van der Waals surface area contributed by atoms with Gasteiger partial charge in [-0.25, -0.2) is 0 Å². The van der Waals surface area contributed by atoms with Gasteiger partial charge in [0.25, 0.3) is 0 Å². The first-order chi connectivity index (χ1) is 36.7. The van der Waals surface area contributed by atoms with E-state index in [1.807, 2.05) is 72.9 Å². The van der Waals surface area contributed by atoms with Crippen LogP contribution in [0.25, 0.3) is 0 Å². The smallest absolute Gasteiger partial charge is 0.306 e. The van der Waals surface area contributed by atoms with E-state index in [-0.39, 0.29) is 19.4 Å². The monoisotopic (exact) mass is 1040 g/mol. The molecule has 11 heteroatoms. The van der Waals surface area contributed by atoms with Crippen molar-refractivity contribution in [2.45, 2.75) is 230 Å². The number of aliphatic hydroxyl groups is 5. The number of carbonyl (C=O) groups excluding carboxylic acids is 2. The first-order valence-electron chi connectivity index (χ1n) is 28.7. The molecule has 0 aromatic rings. The summed E-state index contributed by atoms with van der Waals surface area (Å²) in [5.41, 5.74) is 0. The van der Waals surface area contributed by atoms with E-state index in [1.165, 1.54) is 51.4 Å². The molecule has 1 rings (SSSR count). The van der Waals surface area contributed by atoms with Crippen LogP contribution in [-0.2, 0) is 23.8 Å². The van der Waals surface area contributed by atoms with Gasteiger partial charge in [0.05, 0.1) is 25.4 Å². The minimum Gasteiger partial charge on any atom is -0.454 e. The van der Waals surface area contributed by atoms with Crippen LogP contribution in [0.4, 0.5) is 0 Å². The van der Waals surface area contributed by atoms with Crippen molar-refractivity contribution in [2.24, 2.45) is 0 Å². The fourth-order valence-electron chi connectivity index (χ4n) is 7.87. The molecule has 0 aromatic carbocycles. The molecule has 1 amide bonds. The minimum absolute atomic E-state index is 0.0165. The van der Waals surface area contributed by atoms with E-state index in [0.717, 1.165) is 77.0 Å². The lowest BCUT2D eigenvalue weighted by Crippen LogP contribution is -2.61. The third-order valence-corrected chi connectivity index (χ3v) is 12.4. The number of unbranched alkanes of at least 4 members (excludes halogenated alkanes) is 13. The van der Waals surface area contributed by atoms with Crippen LogP contribution >= 0.6 is 0 Å². The third kappa shape index (κ3) is 38.7. The zero-order valence-corrected chi connectivity index (χ0v) is 46.3. The number of nitrogens with one attached hydrogen (secondary N) is 1. The molecule has 8 atom stereocenters. The van der Waals surface area contributed by atoms with Crippen LogP contribution < -0.4 is 5.32 Å². The maximum absolute atomic E-state index is 13.4.